The summed E-state index contributed by atoms with van der Waals surface area (Å²) in [6, 6.07) is 84.9. The molecule has 0 aliphatic heterocycles. The maximum atomic E-state index is 2.56. The lowest BCUT2D eigenvalue weighted by atomic mass is 9.91. The number of rotatable bonds is 7. The Morgan fingerprint density at radius 1 is 0.394 bits per heavy atom. The van der Waals surface area contributed by atoms with E-state index < -0.39 is 0 Å². The Bertz CT molecular complexity index is 3900. The van der Waals surface area contributed by atoms with Crippen LogP contribution >= 0.6 is 0 Å². The minimum absolute atomic E-state index is 0.0874. The molecule has 0 radical (unpaired) electrons. The molecular formula is C64H44N2. The molecule has 0 amide bonds. The van der Waals surface area contributed by atoms with Crippen molar-refractivity contribution >= 4 is 81.8 Å². The molecule has 11 aromatic carbocycles. The molecule has 0 spiro atoms. The number of hydrogen-bond acceptors (Lipinski definition) is 1. The van der Waals surface area contributed by atoms with Crippen molar-refractivity contribution in [3.05, 3.63) is 254 Å². The normalized spacial score (nSPS) is 13.9. The van der Waals surface area contributed by atoms with Gasteiger partial charge in [-0.2, -0.15) is 0 Å². The number of hydrogen-bond donors (Lipinski definition) is 0. The van der Waals surface area contributed by atoms with Gasteiger partial charge in [-0.1, -0.05) is 200 Å². The van der Waals surface area contributed by atoms with E-state index in [1.807, 2.05) is 0 Å². The van der Waals surface area contributed by atoms with Crippen molar-refractivity contribution < 1.29 is 0 Å². The Labute approximate surface area is 384 Å². The Balaban J connectivity index is 0.942. The average molecular weight is 841 g/mol. The lowest BCUT2D eigenvalue weighted by Gasteiger charge is -2.34. The van der Waals surface area contributed by atoms with Crippen molar-refractivity contribution in [1.82, 2.24) is 4.57 Å². The molecule has 0 saturated carbocycles. The molecule has 2 nitrogen and oxygen atoms in total. The summed E-state index contributed by atoms with van der Waals surface area (Å²) in [7, 11) is 0. The van der Waals surface area contributed by atoms with Crippen molar-refractivity contribution in [2.75, 3.05) is 4.90 Å². The highest BCUT2D eigenvalue weighted by molar-refractivity contribution is 6.23. The van der Waals surface area contributed by atoms with Crippen LogP contribution < -0.4 is 4.90 Å². The van der Waals surface area contributed by atoms with Gasteiger partial charge in [0.05, 0.1) is 17.1 Å². The van der Waals surface area contributed by atoms with Crippen molar-refractivity contribution in [2.45, 2.75) is 12.5 Å². The Kier molecular flexibility index (Phi) is 9.02. The van der Waals surface area contributed by atoms with Crippen molar-refractivity contribution in [3.63, 3.8) is 0 Å². The van der Waals surface area contributed by atoms with Gasteiger partial charge in [-0.3, -0.25) is 0 Å². The molecule has 0 bridgehead atoms. The van der Waals surface area contributed by atoms with E-state index in [0.717, 1.165) is 17.8 Å². The number of anilines is 2. The number of benzene rings is 11. The predicted octanol–water partition coefficient (Wildman–Crippen LogP) is 17.3. The van der Waals surface area contributed by atoms with Gasteiger partial charge in [0.15, 0.2) is 0 Å². The van der Waals surface area contributed by atoms with Crippen LogP contribution in [0.25, 0.3) is 98.4 Å². The highest BCUT2D eigenvalue weighted by Gasteiger charge is 2.24. The summed E-state index contributed by atoms with van der Waals surface area (Å²) in [5, 5.41) is 12.6. The van der Waals surface area contributed by atoms with E-state index in [4.69, 9.17) is 0 Å². The topological polar surface area (TPSA) is 8.17 Å². The molecule has 0 saturated heterocycles. The second-order valence-electron chi connectivity index (χ2n) is 17.6. The summed E-state index contributed by atoms with van der Waals surface area (Å²) in [6.07, 6.45) is 8.03. The monoisotopic (exact) mass is 840 g/mol. The highest BCUT2D eigenvalue weighted by atomic mass is 15.2. The molecule has 1 aromatic heterocycles. The van der Waals surface area contributed by atoms with Crippen molar-refractivity contribution in [2.24, 2.45) is 0 Å². The minimum Gasteiger partial charge on any atom is -0.334 e. The largest absolute Gasteiger partial charge is 0.334 e. The SMILES string of the molecule is C1=CC(N(c2cccc(-c3c4ccccc4cc4c3c3ccccc3n4-c3ccccc3)c2)c2ccc3c(ccc4ccccc43)c2)CC=C1c1ccc(-c2cccc3ccccc23)cc1. The summed E-state index contributed by atoms with van der Waals surface area (Å²) in [6.45, 7) is 0. The Morgan fingerprint density at radius 2 is 1.02 bits per heavy atom. The molecular weight excluding hydrogens is 797 g/mol. The average Bonchev–Trinajstić information content (AvgIpc) is 3.72. The fourth-order valence-corrected chi connectivity index (χ4v) is 10.8. The second kappa shape index (κ2) is 15.7. The lowest BCUT2D eigenvalue weighted by Crippen LogP contribution is -2.30. The highest BCUT2D eigenvalue weighted by Crippen LogP contribution is 2.45. The van der Waals surface area contributed by atoms with E-state index in [1.165, 1.54) is 104 Å². The number of aromatic nitrogens is 1. The molecule has 1 unspecified atom stereocenters. The summed E-state index contributed by atoms with van der Waals surface area (Å²) >= 11 is 0. The lowest BCUT2D eigenvalue weighted by molar-refractivity contribution is 0.787. The van der Waals surface area contributed by atoms with Crippen LogP contribution in [0.15, 0.2) is 249 Å². The van der Waals surface area contributed by atoms with Crippen molar-refractivity contribution in [3.8, 4) is 27.9 Å². The van der Waals surface area contributed by atoms with Crippen LogP contribution in [-0.2, 0) is 0 Å². The predicted molar refractivity (Wildman–Crippen MR) is 282 cm³/mol. The van der Waals surface area contributed by atoms with Gasteiger partial charge in [-0.25, -0.2) is 0 Å². The first kappa shape index (κ1) is 38.0. The second-order valence-corrected chi connectivity index (χ2v) is 17.6. The summed E-state index contributed by atoms with van der Waals surface area (Å²) in [4.78, 5) is 2.56. The Morgan fingerprint density at radius 3 is 1.83 bits per heavy atom. The first-order chi connectivity index (χ1) is 32.7. The molecule has 1 atom stereocenters. The Hall–Kier alpha value is -8.46. The molecule has 1 heterocycles. The van der Waals surface area contributed by atoms with Crippen LogP contribution in [0.3, 0.4) is 0 Å². The first-order valence-electron chi connectivity index (χ1n) is 23.0. The van der Waals surface area contributed by atoms with Gasteiger partial charge in [0.1, 0.15) is 0 Å². The number of para-hydroxylation sites is 2. The van der Waals surface area contributed by atoms with Gasteiger partial charge in [0, 0.05) is 27.8 Å². The van der Waals surface area contributed by atoms with E-state index in [-0.39, 0.29) is 6.04 Å². The van der Waals surface area contributed by atoms with Crippen LogP contribution in [0.5, 0.6) is 0 Å². The van der Waals surface area contributed by atoms with Gasteiger partial charge in [-0.05, 0) is 131 Å². The van der Waals surface area contributed by atoms with Gasteiger partial charge >= 0.3 is 0 Å². The standard InChI is InChI=1S/C64H44N2/c1-2-19-51(20-3-1)66-61-27-11-10-25-60(61)64-62(66)42-48-16-6-9-24-59(48)63(64)50-18-12-21-53(41-50)65(54-38-39-58-49(40-54)33-32-46-15-5-8-23-56(46)58)52-36-34-44(35-37-52)43-28-30-47(31-29-43)57-26-13-17-45-14-4-7-22-55(45)57/h1-36,38-42,52H,37H2. The van der Waals surface area contributed by atoms with Gasteiger partial charge < -0.3 is 9.47 Å². The van der Waals surface area contributed by atoms with E-state index in [2.05, 4.69) is 258 Å². The zero-order valence-corrected chi connectivity index (χ0v) is 36.4. The molecule has 0 fully saturated rings. The molecule has 0 N–H and O–H groups in total. The van der Waals surface area contributed by atoms with Crippen LogP contribution in [0, 0.1) is 0 Å². The summed E-state index contributed by atoms with van der Waals surface area (Å²) < 4.78 is 2.43. The third-order valence-electron chi connectivity index (χ3n) is 13.8. The molecule has 13 rings (SSSR count). The van der Waals surface area contributed by atoms with Crippen LogP contribution in [-0.4, -0.2) is 10.6 Å². The molecule has 1 aliphatic rings. The van der Waals surface area contributed by atoms with Gasteiger partial charge in [0.2, 0.25) is 0 Å². The fourth-order valence-electron chi connectivity index (χ4n) is 10.8. The van der Waals surface area contributed by atoms with Crippen LogP contribution in [0.2, 0.25) is 0 Å². The molecule has 310 valence electrons. The molecule has 66 heavy (non-hydrogen) atoms. The van der Waals surface area contributed by atoms with Crippen LogP contribution in [0.4, 0.5) is 11.4 Å². The third-order valence-corrected chi connectivity index (χ3v) is 13.8. The van der Waals surface area contributed by atoms with Crippen LogP contribution in [0.1, 0.15) is 12.0 Å². The summed E-state index contributed by atoms with van der Waals surface area (Å²) in [5.41, 5.74) is 13.3. The van der Waals surface area contributed by atoms with E-state index in [9.17, 15) is 0 Å². The van der Waals surface area contributed by atoms with E-state index in [1.54, 1.807) is 0 Å². The number of fused-ring (bicyclic) bond motifs is 8. The minimum atomic E-state index is 0.0874. The van der Waals surface area contributed by atoms with E-state index >= 15 is 0 Å². The van der Waals surface area contributed by atoms with Gasteiger partial charge in [0.25, 0.3) is 0 Å². The molecule has 12 aromatic rings. The maximum Gasteiger partial charge on any atom is 0.0560 e. The number of nitrogens with zero attached hydrogens (tertiary/aromatic N) is 2. The first-order valence-corrected chi connectivity index (χ1v) is 23.0. The fraction of sp³-hybridized carbons (Fsp3) is 0.0312. The smallest absolute Gasteiger partial charge is 0.0560 e. The van der Waals surface area contributed by atoms with Crippen molar-refractivity contribution in [1.29, 1.82) is 0 Å². The zero-order chi connectivity index (χ0) is 43.6. The molecule has 1 aliphatic carbocycles. The molecule has 2 heteroatoms. The zero-order valence-electron chi connectivity index (χ0n) is 36.4. The maximum absolute atomic E-state index is 2.56. The third kappa shape index (κ3) is 6.33. The summed E-state index contributed by atoms with van der Waals surface area (Å²) in [5.74, 6) is 0. The van der Waals surface area contributed by atoms with Gasteiger partial charge in [-0.15, -0.1) is 0 Å². The number of allylic oxidation sites excluding steroid dienone is 2. The quantitative estimate of drug-likeness (QED) is 0.145. The van der Waals surface area contributed by atoms with E-state index in [0.29, 0.717) is 0 Å².